The Morgan fingerprint density at radius 3 is 3.14 bits per heavy atom. The van der Waals surface area contributed by atoms with Crippen LogP contribution in [-0.2, 0) is 4.74 Å². The molecule has 0 fully saturated rings. The lowest BCUT2D eigenvalue weighted by atomic mass is 10.4. The Morgan fingerprint density at radius 1 is 1.64 bits per heavy atom. The molecule has 0 bridgehead atoms. The van der Waals surface area contributed by atoms with E-state index in [9.17, 15) is 4.79 Å². The minimum Gasteiger partial charge on any atom is -0.464 e. The number of ether oxygens (including phenoxy) is 1. The highest BCUT2D eigenvalue weighted by Crippen LogP contribution is 2.11. The van der Waals surface area contributed by atoms with Gasteiger partial charge in [-0.15, -0.1) is 0 Å². The fourth-order valence-corrected chi connectivity index (χ4v) is 1.23. The Kier molecular flexibility index (Phi) is 2.09. The minimum absolute atomic E-state index is 0.162. The fourth-order valence-electron chi connectivity index (χ4n) is 1.10. The van der Waals surface area contributed by atoms with Gasteiger partial charge in [0.1, 0.15) is 11.5 Å². The molecule has 14 heavy (non-hydrogen) atoms. The Bertz CT molecular complexity index is 494. The number of halogens is 1. The van der Waals surface area contributed by atoms with Gasteiger partial charge in [0.15, 0.2) is 11.3 Å². The van der Waals surface area contributed by atoms with Gasteiger partial charge < -0.3 is 4.74 Å². The normalized spacial score (nSPS) is 10.4. The number of hydrogen-bond acceptors (Lipinski definition) is 4. The molecule has 0 unspecified atom stereocenters. The van der Waals surface area contributed by atoms with Gasteiger partial charge in [0.25, 0.3) is 0 Å². The molecule has 0 spiro atoms. The smallest absolute Gasteiger partial charge is 0.360 e. The molecule has 0 aromatic carbocycles. The molecule has 0 aliphatic rings. The molecule has 0 saturated heterocycles. The molecule has 5 nitrogen and oxygen atoms in total. The van der Waals surface area contributed by atoms with E-state index in [1.165, 1.54) is 13.4 Å². The summed E-state index contributed by atoms with van der Waals surface area (Å²) in [6.45, 7) is 0. The first-order valence-electron chi connectivity index (χ1n) is 3.80. The maximum atomic E-state index is 11.2. The van der Waals surface area contributed by atoms with Crippen molar-refractivity contribution in [2.24, 2.45) is 0 Å². The van der Waals surface area contributed by atoms with Gasteiger partial charge in [-0.05, 0) is 6.07 Å². The molecule has 0 saturated carbocycles. The molecule has 2 aromatic heterocycles. The SMILES string of the molecule is COC(=O)c1ncn2ccc(Cl)nc12. The minimum atomic E-state index is -0.526. The number of methoxy groups -OCH3 is 1. The summed E-state index contributed by atoms with van der Waals surface area (Å²) in [5.74, 6) is -0.526. The van der Waals surface area contributed by atoms with Crippen molar-refractivity contribution in [2.45, 2.75) is 0 Å². The quantitative estimate of drug-likeness (QED) is 0.525. The zero-order valence-corrected chi connectivity index (χ0v) is 8.02. The van der Waals surface area contributed by atoms with E-state index in [-0.39, 0.29) is 5.69 Å². The molecule has 0 atom stereocenters. The summed E-state index contributed by atoms with van der Waals surface area (Å²) in [5.41, 5.74) is 0.555. The first kappa shape index (κ1) is 8.96. The summed E-state index contributed by atoms with van der Waals surface area (Å²) in [6, 6.07) is 1.61. The van der Waals surface area contributed by atoms with Crippen LogP contribution in [0, 0.1) is 0 Å². The van der Waals surface area contributed by atoms with Crippen LogP contribution in [0.2, 0.25) is 5.15 Å². The van der Waals surface area contributed by atoms with Crippen molar-refractivity contribution in [2.75, 3.05) is 7.11 Å². The Morgan fingerprint density at radius 2 is 2.43 bits per heavy atom. The van der Waals surface area contributed by atoms with Crippen molar-refractivity contribution in [3.63, 3.8) is 0 Å². The number of carbonyl (C=O) groups is 1. The largest absolute Gasteiger partial charge is 0.464 e. The van der Waals surface area contributed by atoms with Gasteiger partial charge in [-0.3, -0.25) is 4.40 Å². The second kappa shape index (κ2) is 3.26. The van der Waals surface area contributed by atoms with Crippen LogP contribution in [0.3, 0.4) is 0 Å². The summed E-state index contributed by atoms with van der Waals surface area (Å²) >= 11 is 5.69. The lowest BCUT2D eigenvalue weighted by Crippen LogP contribution is -2.03. The number of esters is 1. The summed E-state index contributed by atoms with van der Waals surface area (Å²) in [5, 5.41) is 0.308. The van der Waals surface area contributed by atoms with Gasteiger partial charge in [-0.2, -0.15) is 0 Å². The van der Waals surface area contributed by atoms with Crippen LogP contribution in [-0.4, -0.2) is 27.4 Å². The number of nitrogens with zero attached hydrogens (tertiary/aromatic N) is 3. The highest BCUT2D eigenvalue weighted by Gasteiger charge is 2.14. The zero-order valence-electron chi connectivity index (χ0n) is 7.27. The highest BCUT2D eigenvalue weighted by atomic mass is 35.5. The third-order valence-corrected chi connectivity index (χ3v) is 1.94. The van der Waals surface area contributed by atoms with Crippen molar-refractivity contribution < 1.29 is 9.53 Å². The van der Waals surface area contributed by atoms with Crippen LogP contribution < -0.4 is 0 Å². The average molecular weight is 212 g/mol. The second-order valence-corrected chi connectivity index (χ2v) is 2.95. The first-order valence-corrected chi connectivity index (χ1v) is 4.17. The van der Waals surface area contributed by atoms with Crippen molar-refractivity contribution >= 4 is 23.2 Å². The molecule has 2 aromatic rings. The van der Waals surface area contributed by atoms with Crippen LogP contribution in [0.15, 0.2) is 18.6 Å². The second-order valence-electron chi connectivity index (χ2n) is 2.57. The van der Waals surface area contributed by atoms with E-state index >= 15 is 0 Å². The highest BCUT2D eigenvalue weighted by molar-refractivity contribution is 6.29. The number of carbonyl (C=O) groups excluding carboxylic acids is 1. The summed E-state index contributed by atoms with van der Waals surface area (Å²) in [7, 11) is 1.29. The van der Waals surface area contributed by atoms with E-state index in [4.69, 9.17) is 11.6 Å². The summed E-state index contributed by atoms with van der Waals surface area (Å²) < 4.78 is 6.14. The van der Waals surface area contributed by atoms with E-state index in [2.05, 4.69) is 14.7 Å². The van der Waals surface area contributed by atoms with Crippen LogP contribution in [0.25, 0.3) is 5.65 Å². The van der Waals surface area contributed by atoms with Crippen molar-refractivity contribution in [3.8, 4) is 0 Å². The molecule has 0 amide bonds. The average Bonchev–Trinajstić information content (AvgIpc) is 2.59. The van der Waals surface area contributed by atoms with Crippen LogP contribution in [0.5, 0.6) is 0 Å². The molecule has 72 valence electrons. The van der Waals surface area contributed by atoms with E-state index < -0.39 is 5.97 Å². The lowest BCUT2D eigenvalue weighted by Gasteiger charge is -1.96. The van der Waals surface area contributed by atoms with Gasteiger partial charge in [-0.25, -0.2) is 14.8 Å². The van der Waals surface area contributed by atoms with E-state index in [0.717, 1.165) is 0 Å². The van der Waals surface area contributed by atoms with Gasteiger partial charge in [0, 0.05) is 6.20 Å². The van der Waals surface area contributed by atoms with Crippen LogP contribution in [0.4, 0.5) is 0 Å². The van der Waals surface area contributed by atoms with Gasteiger partial charge >= 0.3 is 5.97 Å². The number of imidazole rings is 1. The standard InChI is InChI=1S/C8H6ClN3O2/c1-14-8(13)6-7-11-5(9)2-3-12(7)4-10-6/h2-4H,1H3. The number of hydrogen-bond donors (Lipinski definition) is 0. The molecule has 2 heterocycles. The maximum Gasteiger partial charge on any atom is 0.360 e. The number of fused-ring (bicyclic) bond motifs is 1. The van der Waals surface area contributed by atoms with E-state index in [1.807, 2.05) is 0 Å². The molecular formula is C8H6ClN3O2. The number of rotatable bonds is 1. The topological polar surface area (TPSA) is 56.5 Å². The van der Waals surface area contributed by atoms with Crippen molar-refractivity contribution in [1.82, 2.24) is 14.4 Å². The maximum absolute atomic E-state index is 11.2. The molecule has 6 heteroatoms. The van der Waals surface area contributed by atoms with Gasteiger partial charge in [-0.1, -0.05) is 11.6 Å². The molecule has 0 N–H and O–H groups in total. The third kappa shape index (κ3) is 1.31. The van der Waals surface area contributed by atoms with Crippen molar-refractivity contribution in [1.29, 1.82) is 0 Å². The Balaban J connectivity index is 2.67. The lowest BCUT2D eigenvalue weighted by molar-refractivity contribution is 0.0596. The predicted octanol–water partition coefficient (Wildman–Crippen LogP) is 1.17. The Hall–Kier alpha value is -1.62. The molecule has 0 aliphatic carbocycles. The number of aromatic nitrogens is 3. The molecular weight excluding hydrogens is 206 g/mol. The van der Waals surface area contributed by atoms with Crippen LogP contribution >= 0.6 is 11.6 Å². The molecule has 0 aliphatic heterocycles. The Labute approximate surface area is 84.3 Å². The van der Waals surface area contributed by atoms with E-state index in [0.29, 0.717) is 10.8 Å². The molecule has 0 radical (unpaired) electrons. The zero-order chi connectivity index (χ0) is 10.1. The van der Waals surface area contributed by atoms with E-state index in [1.54, 1.807) is 16.7 Å². The summed E-state index contributed by atoms with van der Waals surface area (Å²) in [4.78, 5) is 19.1. The van der Waals surface area contributed by atoms with Gasteiger partial charge in [0.2, 0.25) is 0 Å². The van der Waals surface area contributed by atoms with Gasteiger partial charge in [0.05, 0.1) is 7.11 Å². The summed E-state index contributed by atoms with van der Waals surface area (Å²) in [6.07, 6.45) is 3.15. The van der Waals surface area contributed by atoms with Crippen LogP contribution in [0.1, 0.15) is 10.5 Å². The predicted molar refractivity (Wildman–Crippen MR) is 49.3 cm³/mol. The monoisotopic (exact) mass is 211 g/mol. The fraction of sp³-hybridized carbons (Fsp3) is 0.125. The third-order valence-electron chi connectivity index (χ3n) is 1.73. The molecule has 2 rings (SSSR count). The van der Waals surface area contributed by atoms with Crippen molar-refractivity contribution in [3.05, 3.63) is 29.4 Å². The first-order chi connectivity index (χ1) is 6.72.